The number of carbonyl (C=O) groups excluding carboxylic acids is 1. The number of hydrogen-bond donors (Lipinski definition) is 1. The maximum absolute atomic E-state index is 12.1. The van der Waals surface area contributed by atoms with Crippen molar-refractivity contribution in [1.29, 1.82) is 5.26 Å². The molecule has 0 bridgehead atoms. The molecule has 5 heteroatoms. The van der Waals surface area contributed by atoms with E-state index in [1.165, 1.54) is 0 Å². The molecule has 0 aromatic heterocycles. The summed E-state index contributed by atoms with van der Waals surface area (Å²) >= 11 is 5.94. The van der Waals surface area contributed by atoms with Crippen LogP contribution in [0.15, 0.2) is 18.2 Å². The average molecular weight is 320 g/mol. The van der Waals surface area contributed by atoms with E-state index in [9.17, 15) is 10.1 Å². The highest BCUT2D eigenvalue weighted by Gasteiger charge is 2.25. The summed E-state index contributed by atoms with van der Waals surface area (Å²) in [5, 5.41) is 12.8. The first-order valence-corrected chi connectivity index (χ1v) is 8.25. The van der Waals surface area contributed by atoms with Crippen molar-refractivity contribution in [3.05, 3.63) is 28.8 Å². The lowest BCUT2D eigenvalue weighted by Gasteiger charge is -2.33. The van der Waals surface area contributed by atoms with Gasteiger partial charge in [0.25, 0.3) is 0 Å². The molecule has 0 atom stereocenters. The zero-order valence-electron chi connectivity index (χ0n) is 12.9. The summed E-state index contributed by atoms with van der Waals surface area (Å²) in [7, 11) is 0. The zero-order chi connectivity index (χ0) is 15.9. The smallest absolute Gasteiger partial charge is 0.223 e. The van der Waals surface area contributed by atoms with Crippen molar-refractivity contribution in [2.75, 3.05) is 24.5 Å². The molecule has 2 rings (SSSR count). The van der Waals surface area contributed by atoms with Gasteiger partial charge in [-0.3, -0.25) is 4.79 Å². The van der Waals surface area contributed by atoms with Crippen LogP contribution in [0.5, 0.6) is 0 Å². The number of halogens is 1. The van der Waals surface area contributed by atoms with Crippen molar-refractivity contribution < 1.29 is 4.79 Å². The van der Waals surface area contributed by atoms with Crippen LogP contribution in [0.1, 0.15) is 38.2 Å². The zero-order valence-corrected chi connectivity index (χ0v) is 13.7. The van der Waals surface area contributed by atoms with Crippen molar-refractivity contribution in [2.24, 2.45) is 5.92 Å². The molecule has 4 nitrogen and oxygen atoms in total. The van der Waals surface area contributed by atoms with Crippen LogP contribution in [0.4, 0.5) is 5.69 Å². The summed E-state index contributed by atoms with van der Waals surface area (Å²) in [4.78, 5) is 14.3. The van der Waals surface area contributed by atoms with E-state index in [1.807, 2.05) is 6.07 Å². The van der Waals surface area contributed by atoms with E-state index in [4.69, 9.17) is 11.6 Å². The number of benzene rings is 1. The molecule has 1 heterocycles. The van der Waals surface area contributed by atoms with Gasteiger partial charge in [0, 0.05) is 30.6 Å². The van der Waals surface area contributed by atoms with Gasteiger partial charge in [0.15, 0.2) is 0 Å². The Labute approximate surface area is 137 Å². The second-order valence-corrected chi connectivity index (χ2v) is 6.12. The standard InChI is InChI=1S/C17H22ClN3O/c1-2-3-8-20-17(22)13-6-9-21(10-7-13)16-5-4-15(18)11-14(16)12-19/h4-5,11,13H,2-3,6-10H2,1H3,(H,20,22). The lowest BCUT2D eigenvalue weighted by molar-refractivity contribution is -0.125. The maximum atomic E-state index is 12.1. The molecule has 1 saturated heterocycles. The SMILES string of the molecule is CCCCNC(=O)C1CCN(c2ccc(Cl)cc2C#N)CC1. The third kappa shape index (κ3) is 4.14. The number of rotatable bonds is 5. The van der Waals surface area contributed by atoms with Crippen molar-refractivity contribution in [3.63, 3.8) is 0 Å². The Morgan fingerprint density at radius 1 is 1.45 bits per heavy atom. The lowest BCUT2D eigenvalue weighted by atomic mass is 9.95. The Kier molecular flexibility index (Phi) is 6.09. The number of nitrogens with zero attached hydrogens (tertiary/aromatic N) is 2. The molecular formula is C17H22ClN3O. The molecule has 0 spiro atoms. The Morgan fingerprint density at radius 3 is 2.82 bits per heavy atom. The van der Waals surface area contributed by atoms with E-state index >= 15 is 0 Å². The van der Waals surface area contributed by atoms with Crippen molar-refractivity contribution in [3.8, 4) is 6.07 Å². The second-order valence-electron chi connectivity index (χ2n) is 5.68. The van der Waals surface area contributed by atoms with Gasteiger partial charge in [-0.05, 0) is 37.5 Å². The van der Waals surface area contributed by atoms with Crippen LogP contribution in [0.3, 0.4) is 0 Å². The van der Waals surface area contributed by atoms with Crippen LogP contribution in [0, 0.1) is 17.2 Å². The van der Waals surface area contributed by atoms with Gasteiger partial charge >= 0.3 is 0 Å². The van der Waals surface area contributed by atoms with Gasteiger partial charge in [0.05, 0.1) is 11.3 Å². The van der Waals surface area contributed by atoms with E-state index in [0.29, 0.717) is 10.6 Å². The quantitative estimate of drug-likeness (QED) is 0.847. The lowest BCUT2D eigenvalue weighted by Crippen LogP contribution is -2.41. The van der Waals surface area contributed by atoms with Crippen LogP contribution >= 0.6 is 11.6 Å². The van der Waals surface area contributed by atoms with Gasteiger partial charge in [-0.2, -0.15) is 5.26 Å². The van der Waals surface area contributed by atoms with E-state index < -0.39 is 0 Å². The Hall–Kier alpha value is -1.73. The Bertz CT molecular complexity index is 560. The fourth-order valence-electron chi connectivity index (χ4n) is 2.79. The normalized spacial score (nSPS) is 15.4. The fraction of sp³-hybridized carbons (Fsp3) is 0.529. The monoisotopic (exact) mass is 319 g/mol. The minimum absolute atomic E-state index is 0.0888. The highest BCUT2D eigenvalue weighted by molar-refractivity contribution is 6.30. The molecule has 0 aliphatic carbocycles. The predicted molar refractivity (Wildman–Crippen MR) is 89.0 cm³/mol. The van der Waals surface area contributed by atoms with Crippen LogP contribution in [-0.4, -0.2) is 25.5 Å². The first kappa shape index (κ1) is 16.6. The van der Waals surface area contributed by atoms with Gasteiger partial charge in [-0.15, -0.1) is 0 Å². The number of nitrogens with one attached hydrogen (secondary N) is 1. The summed E-state index contributed by atoms with van der Waals surface area (Å²) in [6.45, 7) is 4.47. The van der Waals surface area contributed by atoms with Gasteiger partial charge in [0.2, 0.25) is 5.91 Å². The molecule has 1 aromatic rings. The second kappa shape index (κ2) is 8.05. The minimum Gasteiger partial charge on any atom is -0.370 e. The molecule has 0 radical (unpaired) electrons. The molecule has 1 N–H and O–H groups in total. The number of unbranched alkanes of at least 4 members (excludes halogenated alkanes) is 1. The molecule has 1 aliphatic heterocycles. The average Bonchev–Trinajstić information content (AvgIpc) is 2.55. The van der Waals surface area contributed by atoms with Gasteiger partial charge in [-0.25, -0.2) is 0 Å². The molecule has 22 heavy (non-hydrogen) atoms. The van der Waals surface area contributed by atoms with Gasteiger partial charge in [0.1, 0.15) is 6.07 Å². The third-order valence-corrected chi connectivity index (χ3v) is 4.35. The van der Waals surface area contributed by atoms with Crippen molar-refractivity contribution in [2.45, 2.75) is 32.6 Å². The largest absolute Gasteiger partial charge is 0.370 e. The topological polar surface area (TPSA) is 56.1 Å². The molecule has 118 valence electrons. The molecule has 1 aliphatic rings. The van der Waals surface area contributed by atoms with Gasteiger partial charge in [-0.1, -0.05) is 24.9 Å². The Balaban J connectivity index is 1.92. The molecule has 1 amide bonds. The third-order valence-electron chi connectivity index (χ3n) is 4.12. The summed E-state index contributed by atoms with van der Waals surface area (Å²) in [5.74, 6) is 0.260. The van der Waals surface area contributed by atoms with Crippen LogP contribution in [-0.2, 0) is 4.79 Å². The number of hydrogen-bond acceptors (Lipinski definition) is 3. The number of anilines is 1. The Morgan fingerprint density at radius 2 is 2.18 bits per heavy atom. The molecule has 1 fully saturated rings. The van der Waals surface area contributed by atoms with Crippen molar-refractivity contribution >= 4 is 23.2 Å². The molecule has 1 aromatic carbocycles. The fourth-order valence-corrected chi connectivity index (χ4v) is 2.96. The summed E-state index contributed by atoms with van der Waals surface area (Å²) < 4.78 is 0. The highest BCUT2D eigenvalue weighted by atomic mass is 35.5. The van der Waals surface area contributed by atoms with Crippen molar-refractivity contribution in [1.82, 2.24) is 5.32 Å². The number of piperidine rings is 1. The molecular weight excluding hydrogens is 298 g/mol. The maximum Gasteiger partial charge on any atom is 0.223 e. The van der Waals surface area contributed by atoms with Crippen LogP contribution in [0.25, 0.3) is 0 Å². The number of amides is 1. The summed E-state index contributed by atoms with van der Waals surface area (Å²) in [6.07, 6.45) is 3.77. The first-order chi connectivity index (χ1) is 10.7. The number of nitriles is 1. The minimum atomic E-state index is 0.0888. The highest BCUT2D eigenvalue weighted by Crippen LogP contribution is 2.28. The van der Waals surface area contributed by atoms with Gasteiger partial charge < -0.3 is 10.2 Å². The summed E-state index contributed by atoms with van der Waals surface area (Å²) in [5.41, 5.74) is 1.51. The summed E-state index contributed by atoms with van der Waals surface area (Å²) in [6, 6.07) is 7.59. The molecule has 0 saturated carbocycles. The molecule has 0 unspecified atom stereocenters. The van der Waals surface area contributed by atoms with E-state index in [0.717, 1.165) is 51.0 Å². The predicted octanol–water partition coefficient (Wildman–Crippen LogP) is 3.34. The number of carbonyl (C=O) groups is 1. The van der Waals surface area contributed by atoms with E-state index in [-0.39, 0.29) is 11.8 Å². The van der Waals surface area contributed by atoms with E-state index in [1.54, 1.807) is 12.1 Å². The van der Waals surface area contributed by atoms with Crippen LogP contribution < -0.4 is 10.2 Å². The van der Waals surface area contributed by atoms with E-state index in [2.05, 4.69) is 23.2 Å². The first-order valence-electron chi connectivity index (χ1n) is 7.88. The van der Waals surface area contributed by atoms with Crippen LogP contribution in [0.2, 0.25) is 5.02 Å².